The molecule has 2 atom stereocenters. The number of aromatic nitrogens is 2. The average molecular weight is 399 g/mol. The fourth-order valence-corrected chi connectivity index (χ4v) is 2.84. The van der Waals surface area contributed by atoms with Crippen molar-refractivity contribution < 1.29 is 9.53 Å². The Labute approximate surface area is 170 Å². The van der Waals surface area contributed by atoms with E-state index in [0.29, 0.717) is 23.4 Å². The lowest BCUT2D eigenvalue weighted by Gasteiger charge is -2.18. The summed E-state index contributed by atoms with van der Waals surface area (Å²) in [6.45, 7) is 0. The van der Waals surface area contributed by atoms with Crippen LogP contribution >= 0.6 is 12.4 Å². The second-order valence-corrected chi connectivity index (χ2v) is 6.26. The van der Waals surface area contributed by atoms with Crippen molar-refractivity contribution in [3.63, 3.8) is 0 Å². The second kappa shape index (κ2) is 9.94. The highest BCUT2D eigenvalue weighted by Gasteiger charge is 2.14. The fourth-order valence-electron chi connectivity index (χ4n) is 2.84. The molecule has 2 heterocycles. The molecule has 4 N–H and O–H groups in total. The summed E-state index contributed by atoms with van der Waals surface area (Å²) in [6, 6.07) is 16.5. The maximum absolute atomic E-state index is 11.7. The van der Waals surface area contributed by atoms with Gasteiger partial charge in [0.15, 0.2) is 0 Å². The number of esters is 1. The van der Waals surface area contributed by atoms with E-state index in [0.717, 1.165) is 11.1 Å². The molecule has 2 unspecified atom stereocenters. The van der Waals surface area contributed by atoms with Crippen LogP contribution in [0.5, 0.6) is 0 Å². The minimum absolute atomic E-state index is 0. The molecule has 0 bridgehead atoms. The lowest BCUT2D eigenvalue weighted by Crippen LogP contribution is -2.19. The van der Waals surface area contributed by atoms with Gasteiger partial charge in [-0.15, -0.1) is 12.4 Å². The molecule has 0 aliphatic heterocycles. The zero-order chi connectivity index (χ0) is 19.2. The van der Waals surface area contributed by atoms with Crippen LogP contribution in [0.1, 0.15) is 40.0 Å². The molecule has 0 aliphatic rings. The van der Waals surface area contributed by atoms with E-state index >= 15 is 0 Å². The number of nitrogens with zero attached hydrogens (tertiary/aromatic N) is 2. The standard InChI is InChI=1S/C21H22N4O2.ClH/c1-27-21(26)15-9-10-24-20(11-15)19-8-7-16(13-25-19)18(23)12-17(22)14-5-3-2-4-6-14;/h2-11,13,17-18H,12,22-23H2,1H3;1H. The number of carbonyl (C=O) groups is 1. The van der Waals surface area contributed by atoms with Gasteiger partial charge in [0.05, 0.1) is 24.1 Å². The van der Waals surface area contributed by atoms with Crippen molar-refractivity contribution in [1.29, 1.82) is 0 Å². The summed E-state index contributed by atoms with van der Waals surface area (Å²) in [5.74, 6) is -0.410. The summed E-state index contributed by atoms with van der Waals surface area (Å²) < 4.78 is 4.74. The molecule has 146 valence electrons. The van der Waals surface area contributed by atoms with Crippen molar-refractivity contribution in [3.05, 3.63) is 83.7 Å². The summed E-state index contributed by atoms with van der Waals surface area (Å²) in [5, 5.41) is 0. The van der Waals surface area contributed by atoms with E-state index in [1.165, 1.54) is 7.11 Å². The molecule has 7 heteroatoms. The first-order valence-corrected chi connectivity index (χ1v) is 8.65. The van der Waals surface area contributed by atoms with Crippen molar-refractivity contribution in [2.24, 2.45) is 11.5 Å². The average Bonchev–Trinajstić information content (AvgIpc) is 2.74. The number of halogens is 1. The molecule has 28 heavy (non-hydrogen) atoms. The molecule has 0 fully saturated rings. The summed E-state index contributed by atoms with van der Waals surface area (Å²) in [6.07, 6.45) is 3.90. The Balaban J connectivity index is 0.00000280. The van der Waals surface area contributed by atoms with E-state index in [2.05, 4.69) is 9.97 Å². The van der Waals surface area contributed by atoms with E-state index in [9.17, 15) is 4.79 Å². The Hall–Kier alpha value is -2.80. The predicted octanol–water partition coefficient (Wildman–Crippen LogP) is 3.44. The fraction of sp³-hybridized carbons (Fsp3) is 0.190. The summed E-state index contributed by atoms with van der Waals surface area (Å²) in [7, 11) is 1.34. The number of hydrogen-bond donors (Lipinski definition) is 2. The van der Waals surface area contributed by atoms with E-state index < -0.39 is 5.97 Å². The van der Waals surface area contributed by atoms with Gasteiger partial charge in [0.1, 0.15) is 0 Å². The zero-order valence-electron chi connectivity index (χ0n) is 15.5. The number of ether oxygens (including phenoxy) is 1. The number of hydrogen-bond acceptors (Lipinski definition) is 6. The first-order valence-electron chi connectivity index (χ1n) is 8.65. The molecule has 1 aromatic carbocycles. The smallest absolute Gasteiger partial charge is 0.337 e. The maximum atomic E-state index is 11.7. The van der Waals surface area contributed by atoms with Crippen molar-refractivity contribution in [1.82, 2.24) is 9.97 Å². The van der Waals surface area contributed by atoms with Gasteiger partial charge in [-0.25, -0.2) is 4.79 Å². The minimum atomic E-state index is -0.410. The van der Waals surface area contributed by atoms with Crippen molar-refractivity contribution >= 4 is 18.4 Å². The van der Waals surface area contributed by atoms with Crippen LogP contribution in [0.3, 0.4) is 0 Å². The van der Waals surface area contributed by atoms with Crippen molar-refractivity contribution in [2.75, 3.05) is 7.11 Å². The lowest BCUT2D eigenvalue weighted by atomic mass is 9.97. The summed E-state index contributed by atoms with van der Waals surface area (Å²) >= 11 is 0. The first-order chi connectivity index (χ1) is 13.1. The van der Waals surface area contributed by atoms with Crippen LogP contribution in [-0.2, 0) is 4.74 Å². The summed E-state index contributed by atoms with van der Waals surface area (Å²) in [4.78, 5) is 20.4. The number of carbonyl (C=O) groups excluding carboxylic acids is 1. The van der Waals surface area contributed by atoms with Crippen LogP contribution < -0.4 is 11.5 Å². The highest BCUT2D eigenvalue weighted by Crippen LogP contribution is 2.24. The monoisotopic (exact) mass is 398 g/mol. The number of methoxy groups -OCH3 is 1. The summed E-state index contributed by atoms with van der Waals surface area (Å²) in [5.41, 5.74) is 16.2. The van der Waals surface area contributed by atoms with E-state index in [1.807, 2.05) is 42.5 Å². The topological polar surface area (TPSA) is 104 Å². The molecule has 0 saturated carbocycles. The van der Waals surface area contributed by atoms with E-state index in [-0.39, 0.29) is 24.5 Å². The molecule has 0 aliphatic carbocycles. The van der Waals surface area contributed by atoms with Crippen molar-refractivity contribution in [3.8, 4) is 11.4 Å². The normalized spacial score (nSPS) is 12.5. The van der Waals surface area contributed by atoms with Gasteiger partial charge in [-0.1, -0.05) is 36.4 Å². The Kier molecular flexibility index (Phi) is 7.63. The van der Waals surface area contributed by atoms with Crippen LogP contribution in [-0.4, -0.2) is 23.0 Å². The molecular formula is C21H23ClN4O2. The molecule has 0 radical (unpaired) electrons. The maximum Gasteiger partial charge on any atom is 0.337 e. The van der Waals surface area contributed by atoms with Gasteiger partial charge in [0, 0.05) is 24.5 Å². The van der Waals surface area contributed by atoms with Crippen LogP contribution in [0.4, 0.5) is 0 Å². The number of benzene rings is 1. The second-order valence-electron chi connectivity index (χ2n) is 6.26. The van der Waals surface area contributed by atoms with Gasteiger partial charge < -0.3 is 16.2 Å². The molecule has 2 aromatic heterocycles. The Bertz CT molecular complexity index is 904. The number of nitrogens with two attached hydrogens (primary N) is 2. The van der Waals surface area contributed by atoms with E-state index in [1.54, 1.807) is 24.5 Å². The van der Waals surface area contributed by atoms with Gasteiger partial charge in [0.25, 0.3) is 0 Å². The van der Waals surface area contributed by atoms with Crippen LogP contribution in [0.2, 0.25) is 0 Å². The molecule has 0 saturated heterocycles. The molecule has 3 rings (SSSR count). The third kappa shape index (κ3) is 5.13. The number of pyridine rings is 2. The molecule has 0 spiro atoms. The molecule has 6 nitrogen and oxygen atoms in total. The Morgan fingerprint density at radius 2 is 1.68 bits per heavy atom. The third-order valence-corrected chi connectivity index (χ3v) is 4.39. The SMILES string of the molecule is COC(=O)c1ccnc(-c2ccc(C(N)CC(N)c3ccccc3)cn2)c1.Cl. The van der Waals surface area contributed by atoms with Crippen LogP contribution in [0, 0.1) is 0 Å². The minimum Gasteiger partial charge on any atom is -0.465 e. The number of rotatable bonds is 6. The predicted molar refractivity (Wildman–Crippen MR) is 111 cm³/mol. The largest absolute Gasteiger partial charge is 0.465 e. The molecule has 0 amide bonds. The Morgan fingerprint density at radius 3 is 2.32 bits per heavy atom. The van der Waals surface area contributed by atoms with Crippen LogP contribution in [0.25, 0.3) is 11.4 Å². The van der Waals surface area contributed by atoms with Gasteiger partial charge >= 0.3 is 5.97 Å². The van der Waals surface area contributed by atoms with Gasteiger partial charge in [-0.3, -0.25) is 9.97 Å². The molecular weight excluding hydrogens is 376 g/mol. The van der Waals surface area contributed by atoms with E-state index in [4.69, 9.17) is 16.2 Å². The Morgan fingerprint density at radius 1 is 0.964 bits per heavy atom. The van der Waals surface area contributed by atoms with Gasteiger partial charge in [-0.2, -0.15) is 0 Å². The lowest BCUT2D eigenvalue weighted by molar-refractivity contribution is 0.0600. The van der Waals surface area contributed by atoms with Gasteiger partial charge in [0.2, 0.25) is 0 Å². The quantitative estimate of drug-likeness (QED) is 0.616. The van der Waals surface area contributed by atoms with Crippen molar-refractivity contribution in [2.45, 2.75) is 18.5 Å². The molecule has 3 aromatic rings. The first kappa shape index (κ1) is 21.5. The third-order valence-electron chi connectivity index (χ3n) is 4.39. The van der Waals surface area contributed by atoms with Crippen LogP contribution in [0.15, 0.2) is 67.0 Å². The highest BCUT2D eigenvalue weighted by molar-refractivity contribution is 5.90. The zero-order valence-corrected chi connectivity index (χ0v) is 16.3. The van der Waals surface area contributed by atoms with Gasteiger partial charge in [-0.05, 0) is 35.7 Å². The highest BCUT2D eigenvalue weighted by atomic mass is 35.5.